The van der Waals surface area contributed by atoms with Crippen LogP contribution in [-0.4, -0.2) is 25.2 Å². The first-order valence-electron chi connectivity index (χ1n) is 9.32. The van der Waals surface area contributed by atoms with Gasteiger partial charge in [-0.2, -0.15) is 4.31 Å². The van der Waals surface area contributed by atoms with Crippen LogP contribution in [0.3, 0.4) is 0 Å². The lowest BCUT2D eigenvalue weighted by Crippen LogP contribution is -2.37. The molecular formula is C22H18BrCl2FN2O3S. The van der Waals surface area contributed by atoms with Crippen molar-refractivity contribution < 1.29 is 17.6 Å². The third-order valence-electron chi connectivity index (χ3n) is 4.59. The average molecular weight is 560 g/mol. The molecule has 0 heterocycles. The van der Waals surface area contributed by atoms with Crippen LogP contribution in [0.1, 0.15) is 11.1 Å². The van der Waals surface area contributed by atoms with Gasteiger partial charge in [0.2, 0.25) is 15.9 Å². The number of nitrogens with zero attached hydrogens (tertiary/aromatic N) is 1. The van der Waals surface area contributed by atoms with Crippen molar-refractivity contribution in [3.05, 3.63) is 92.1 Å². The fourth-order valence-corrected chi connectivity index (χ4v) is 4.87. The number of carbonyl (C=O) groups is 1. The Balaban J connectivity index is 1.92. The van der Waals surface area contributed by atoms with Crippen LogP contribution in [-0.2, 0) is 21.4 Å². The third kappa shape index (κ3) is 6.08. The number of nitrogens with one attached hydrogen (secondary N) is 1. The van der Waals surface area contributed by atoms with E-state index in [1.165, 1.54) is 30.3 Å². The topological polar surface area (TPSA) is 66.5 Å². The van der Waals surface area contributed by atoms with Crippen molar-refractivity contribution in [3.8, 4) is 0 Å². The molecule has 0 aromatic heterocycles. The van der Waals surface area contributed by atoms with E-state index in [4.69, 9.17) is 23.2 Å². The van der Waals surface area contributed by atoms with Crippen LogP contribution in [0.4, 0.5) is 10.1 Å². The molecule has 3 aromatic carbocycles. The normalized spacial score (nSPS) is 11.6. The van der Waals surface area contributed by atoms with Crippen LogP contribution in [0.5, 0.6) is 0 Å². The summed E-state index contributed by atoms with van der Waals surface area (Å²) in [5.74, 6) is -1.12. The van der Waals surface area contributed by atoms with Crippen molar-refractivity contribution in [2.75, 3.05) is 11.9 Å². The van der Waals surface area contributed by atoms with Gasteiger partial charge in [0.25, 0.3) is 0 Å². The van der Waals surface area contributed by atoms with Crippen molar-refractivity contribution in [1.82, 2.24) is 4.31 Å². The first kappa shape index (κ1) is 24.7. The molecule has 0 atom stereocenters. The highest BCUT2D eigenvalue weighted by molar-refractivity contribution is 9.10. The minimum absolute atomic E-state index is 0.0236. The molecule has 0 unspecified atom stereocenters. The summed E-state index contributed by atoms with van der Waals surface area (Å²) in [6, 6.07) is 14.8. The largest absolute Gasteiger partial charge is 0.325 e. The standard InChI is InChI=1S/C22H18BrCl2FN2O3S/c1-14-2-6-17(26)11-21(14)27-22(29)13-28(12-15-3-9-19(24)20(25)10-15)32(30,31)18-7-4-16(23)5-8-18/h2-11H,12-13H2,1H3,(H,27,29). The molecule has 0 aliphatic rings. The smallest absolute Gasteiger partial charge is 0.243 e. The minimum atomic E-state index is -4.04. The molecule has 0 saturated heterocycles. The maximum absolute atomic E-state index is 13.6. The number of rotatable bonds is 7. The molecule has 1 N–H and O–H groups in total. The van der Waals surface area contributed by atoms with E-state index in [0.29, 0.717) is 20.6 Å². The number of amides is 1. The summed E-state index contributed by atoms with van der Waals surface area (Å²) in [7, 11) is -4.04. The van der Waals surface area contributed by atoms with Crippen LogP contribution in [0.15, 0.2) is 70.0 Å². The number of sulfonamides is 1. The molecule has 0 fully saturated rings. The van der Waals surface area contributed by atoms with Crippen molar-refractivity contribution in [2.24, 2.45) is 0 Å². The first-order chi connectivity index (χ1) is 15.1. The van der Waals surface area contributed by atoms with Gasteiger partial charge in [-0.3, -0.25) is 4.79 Å². The van der Waals surface area contributed by atoms with Gasteiger partial charge < -0.3 is 5.32 Å². The summed E-state index contributed by atoms with van der Waals surface area (Å²) < 4.78 is 42.0. The second-order valence-corrected chi connectivity index (χ2v) is 10.7. The lowest BCUT2D eigenvalue weighted by molar-refractivity contribution is -0.116. The van der Waals surface area contributed by atoms with Crippen molar-refractivity contribution in [1.29, 1.82) is 0 Å². The predicted octanol–water partition coefficient (Wildman–Crippen LogP) is 6.03. The molecule has 1 amide bonds. The van der Waals surface area contributed by atoms with Gasteiger partial charge in [0.1, 0.15) is 5.82 Å². The molecule has 0 spiro atoms. The average Bonchev–Trinajstić information content (AvgIpc) is 2.73. The molecule has 0 aliphatic carbocycles. The van der Waals surface area contributed by atoms with Crippen LogP contribution in [0.2, 0.25) is 10.0 Å². The van der Waals surface area contributed by atoms with Crippen molar-refractivity contribution in [3.63, 3.8) is 0 Å². The molecular weight excluding hydrogens is 542 g/mol. The fourth-order valence-electron chi connectivity index (χ4n) is 2.90. The van der Waals surface area contributed by atoms with E-state index >= 15 is 0 Å². The summed E-state index contributed by atoms with van der Waals surface area (Å²) in [6.45, 7) is 1.10. The number of hydrogen-bond acceptors (Lipinski definition) is 3. The number of benzene rings is 3. The first-order valence-corrected chi connectivity index (χ1v) is 12.3. The minimum Gasteiger partial charge on any atom is -0.325 e. The molecule has 168 valence electrons. The second-order valence-electron chi connectivity index (χ2n) is 6.98. The molecule has 3 aromatic rings. The van der Waals surface area contributed by atoms with Gasteiger partial charge in [0.15, 0.2) is 0 Å². The maximum Gasteiger partial charge on any atom is 0.243 e. The van der Waals surface area contributed by atoms with Gasteiger partial charge in [-0.05, 0) is 66.6 Å². The Bertz CT molecular complexity index is 1250. The number of aryl methyl sites for hydroxylation is 1. The van der Waals surface area contributed by atoms with Crippen molar-refractivity contribution in [2.45, 2.75) is 18.4 Å². The SMILES string of the molecule is Cc1ccc(F)cc1NC(=O)CN(Cc1ccc(Cl)c(Cl)c1)S(=O)(=O)c1ccc(Br)cc1. The van der Waals surface area contributed by atoms with E-state index in [1.54, 1.807) is 37.3 Å². The van der Waals surface area contributed by atoms with E-state index in [1.807, 2.05) is 0 Å². The Morgan fingerprint density at radius 3 is 2.38 bits per heavy atom. The van der Waals surface area contributed by atoms with E-state index in [2.05, 4.69) is 21.2 Å². The highest BCUT2D eigenvalue weighted by atomic mass is 79.9. The fraction of sp³-hybridized carbons (Fsp3) is 0.136. The Morgan fingerprint density at radius 1 is 1.03 bits per heavy atom. The second kappa shape index (κ2) is 10.3. The summed E-state index contributed by atoms with van der Waals surface area (Å²) in [5, 5.41) is 3.18. The lowest BCUT2D eigenvalue weighted by atomic mass is 10.2. The molecule has 32 heavy (non-hydrogen) atoms. The van der Waals surface area contributed by atoms with Gasteiger partial charge in [-0.15, -0.1) is 0 Å². The quantitative estimate of drug-likeness (QED) is 0.384. The van der Waals surface area contributed by atoms with Gasteiger partial charge >= 0.3 is 0 Å². The zero-order valence-electron chi connectivity index (χ0n) is 16.8. The van der Waals surface area contributed by atoms with Gasteiger partial charge in [0.05, 0.1) is 21.5 Å². The van der Waals surface area contributed by atoms with Crippen LogP contribution < -0.4 is 5.32 Å². The number of anilines is 1. The zero-order valence-corrected chi connectivity index (χ0v) is 20.7. The number of hydrogen-bond donors (Lipinski definition) is 1. The molecule has 5 nitrogen and oxygen atoms in total. The Kier molecular flexibility index (Phi) is 7.95. The van der Waals surface area contributed by atoms with Crippen molar-refractivity contribution >= 4 is 60.7 Å². The highest BCUT2D eigenvalue weighted by Crippen LogP contribution is 2.26. The summed E-state index contributed by atoms with van der Waals surface area (Å²) in [4.78, 5) is 12.8. The highest BCUT2D eigenvalue weighted by Gasteiger charge is 2.27. The molecule has 10 heteroatoms. The Labute approximate surface area is 204 Å². The number of carbonyl (C=O) groups excluding carboxylic acids is 1. The van der Waals surface area contributed by atoms with Gasteiger partial charge in [-0.25, -0.2) is 12.8 Å². The van der Waals surface area contributed by atoms with E-state index in [9.17, 15) is 17.6 Å². The number of halogens is 4. The molecule has 0 bridgehead atoms. The molecule has 3 rings (SSSR count). The monoisotopic (exact) mass is 558 g/mol. The van der Waals surface area contributed by atoms with E-state index < -0.39 is 28.3 Å². The van der Waals surface area contributed by atoms with Crippen LogP contribution >= 0.6 is 39.1 Å². The van der Waals surface area contributed by atoms with E-state index in [0.717, 1.165) is 4.31 Å². The van der Waals surface area contributed by atoms with Crippen LogP contribution in [0.25, 0.3) is 0 Å². The van der Waals surface area contributed by atoms with Crippen LogP contribution in [0, 0.1) is 12.7 Å². The molecule has 0 radical (unpaired) electrons. The maximum atomic E-state index is 13.6. The third-order valence-corrected chi connectivity index (χ3v) is 7.66. The van der Waals surface area contributed by atoms with Gasteiger partial charge in [-0.1, -0.05) is 51.3 Å². The summed E-state index contributed by atoms with van der Waals surface area (Å²) in [6.07, 6.45) is 0. The lowest BCUT2D eigenvalue weighted by Gasteiger charge is -2.22. The predicted molar refractivity (Wildman–Crippen MR) is 128 cm³/mol. The Hall–Kier alpha value is -1.97. The van der Waals surface area contributed by atoms with E-state index in [-0.39, 0.29) is 22.2 Å². The summed E-state index contributed by atoms with van der Waals surface area (Å²) >= 11 is 15.3. The van der Waals surface area contributed by atoms with Gasteiger partial charge in [0, 0.05) is 16.7 Å². The molecule has 0 saturated carbocycles. The zero-order chi connectivity index (χ0) is 23.5. The Morgan fingerprint density at radius 2 is 1.72 bits per heavy atom. The molecule has 0 aliphatic heterocycles. The summed E-state index contributed by atoms with van der Waals surface area (Å²) in [5.41, 5.74) is 1.46.